The fourth-order valence-corrected chi connectivity index (χ4v) is 2.95. The van der Waals surface area contributed by atoms with Gasteiger partial charge in [0, 0.05) is 4.90 Å². The number of nitrogens with one attached hydrogen (secondary N) is 1. The largest absolute Gasteiger partial charge is 0.508 e. The monoisotopic (exact) mass is 383 g/mol. The predicted octanol–water partition coefficient (Wildman–Crippen LogP) is 5.79. The second-order valence-corrected chi connectivity index (χ2v) is 6.60. The number of thioether (sulfide) groups is 1. The number of hydrogen-bond donors (Lipinski definition) is 2. The first-order valence-electron chi connectivity index (χ1n) is 8.16. The fraction of sp³-hybridized carbons (Fsp3) is 0.300. The van der Waals surface area contributed by atoms with E-state index in [2.05, 4.69) is 42.2 Å². The standard InChI is InChI=1S/C10H9F3OS.C10H15N/c1-3-15-9-5-7(14)4-8(6(9)2)10(11,12)13;1-11-9-5-8-10-6-3-2-4-7-10/h3-5,14H,1H2,2H3;2-4,6-7,11H,5,8-9H2,1H3. The van der Waals surface area contributed by atoms with Crippen molar-refractivity contribution < 1.29 is 18.3 Å². The summed E-state index contributed by atoms with van der Waals surface area (Å²) in [4.78, 5) is 0.359. The van der Waals surface area contributed by atoms with Crippen molar-refractivity contribution in [2.24, 2.45) is 0 Å². The highest BCUT2D eigenvalue weighted by Crippen LogP contribution is 2.38. The molecule has 0 saturated carbocycles. The van der Waals surface area contributed by atoms with Gasteiger partial charge in [-0.05, 0) is 62.0 Å². The molecule has 26 heavy (non-hydrogen) atoms. The number of hydrogen-bond acceptors (Lipinski definition) is 3. The maximum Gasteiger partial charge on any atom is 0.416 e. The Morgan fingerprint density at radius 3 is 2.38 bits per heavy atom. The molecule has 0 heterocycles. The van der Waals surface area contributed by atoms with E-state index in [4.69, 9.17) is 5.11 Å². The van der Waals surface area contributed by atoms with Crippen LogP contribution in [0.2, 0.25) is 0 Å². The summed E-state index contributed by atoms with van der Waals surface area (Å²) in [5.41, 5.74) is 0.722. The number of benzene rings is 2. The van der Waals surface area contributed by atoms with Gasteiger partial charge in [-0.1, -0.05) is 48.7 Å². The van der Waals surface area contributed by atoms with E-state index in [-0.39, 0.29) is 5.56 Å². The van der Waals surface area contributed by atoms with E-state index >= 15 is 0 Å². The van der Waals surface area contributed by atoms with Crippen LogP contribution in [0.3, 0.4) is 0 Å². The third-order valence-electron chi connectivity index (χ3n) is 3.60. The van der Waals surface area contributed by atoms with Crippen LogP contribution in [0.15, 0.2) is 59.3 Å². The van der Waals surface area contributed by atoms with Gasteiger partial charge in [0.1, 0.15) is 5.75 Å². The van der Waals surface area contributed by atoms with Gasteiger partial charge in [-0.2, -0.15) is 13.2 Å². The average molecular weight is 383 g/mol. The molecule has 0 bridgehead atoms. The normalized spacial score (nSPS) is 10.8. The first-order valence-corrected chi connectivity index (χ1v) is 9.04. The number of aromatic hydroxyl groups is 1. The van der Waals surface area contributed by atoms with Gasteiger partial charge < -0.3 is 10.4 Å². The van der Waals surface area contributed by atoms with Crippen LogP contribution in [0.5, 0.6) is 5.75 Å². The molecule has 0 aliphatic heterocycles. The predicted molar refractivity (Wildman–Crippen MR) is 103 cm³/mol. The van der Waals surface area contributed by atoms with E-state index in [1.54, 1.807) is 0 Å². The van der Waals surface area contributed by atoms with Gasteiger partial charge in [-0.3, -0.25) is 0 Å². The lowest BCUT2D eigenvalue weighted by molar-refractivity contribution is -0.138. The lowest BCUT2D eigenvalue weighted by atomic mass is 10.1. The molecule has 2 N–H and O–H groups in total. The molecule has 0 fully saturated rings. The third kappa shape index (κ3) is 7.54. The molecule has 0 aliphatic carbocycles. The van der Waals surface area contributed by atoms with Crippen molar-refractivity contribution in [3.63, 3.8) is 0 Å². The van der Waals surface area contributed by atoms with Crippen molar-refractivity contribution in [1.29, 1.82) is 0 Å². The Morgan fingerprint density at radius 1 is 1.19 bits per heavy atom. The molecule has 0 aliphatic rings. The Labute approximate surface area is 157 Å². The molecule has 2 aromatic carbocycles. The van der Waals surface area contributed by atoms with E-state index in [1.807, 2.05) is 7.05 Å². The van der Waals surface area contributed by atoms with Crippen molar-refractivity contribution in [3.05, 3.63) is 71.1 Å². The Bertz CT molecular complexity index is 687. The summed E-state index contributed by atoms with van der Waals surface area (Å²) >= 11 is 1.05. The molecule has 0 saturated heterocycles. The van der Waals surface area contributed by atoms with Crippen LogP contribution in [-0.2, 0) is 12.6 Å². The van der Waals surface area contributed by atoms with Crippen LogP contribution in [0, 0.1) is 6.92 Å². The number of aryl methyl sites for hydroxylation is 1. The van der Waals surface area contributed by atoms with Crippen molar-refractivity contribution in [2.75, 3.05) is 13.6 Å². The van der Waals surface area contributed by atoms with Crippen LogP contribution in [0.25, 0.3) is 0 Å². The van der Waals surface area contributed by atoms with Gasteiger partial charge in [0.15, 0.2) is 0 Å². The van der Waals surface area contributed by atoms with Crippen LogP contribution in [-0.4, -0.2) is 18.7 Å². The van der Waals surface area contributed by atoms with E-state index in [1.165, 1.54) is 36.8 Å². The summed E-state index contributed by atoms with van der Waals surface area (Å²) in [6.45, 7) is 5.89. The van der Waals surface area contributed by atoms with Gasteiger partial charge in [0.05, 0.1) is 5.56 Å². The van der Waals surface area contributed by atoms with E-state index in [9.17, 15) is 13.2 Å². The second-order valence-electron chi connectivity index (χ2n) is 5.59. The van der Waals surface area contributed by atoms with E-state index in [0.717, 1.165) is 24.4 Å². The number of halogens is 3. The Hall–Kier alpha value is -1.92. The smallest absolute Gasteiger partial charge is 0.416 e. The lowest BCUT2D eigenvalue weighted by Crippen LogP contribution is -2.08. The zero-order valence-electron chi connectivity index (χ0n) is 14.9. The first-order chi connectivity index (χ1) is 12.3. The van der Waals surface area contributed by atoms with Crippen LogP contribution < -0.4 is 5.32 Å². The first kappa shape index (κ1) is 22.1. The minimum Gasteiger partial charge on any atom is -0.508 e. The third-order valence-corrected chi connectivity index (χ3v) is 4.44. The highest BCUT2D eigenvalue weighted by Gasteiger charge is 2.33. The second kappa shape index (κ2) is 10.9. The average Bonchev–Trinajstić information content (AvgIpc) is 2.59. The number of rotatable bonds is 6. The lowest BCUT2D eigenvalue weighted by Gasteiger charge is -2.13. The van der Waals surface area contributed by atoms with Crippen LogP contribution in [0.4, 0.5) is 13.2 Å². The molecule has 0 amide bonds. The molecule has 2 rings (SSSR count). The van der Waals surface area contributed by atoms with E-state index < -0.39 is 17.5 Å². The van der Waals surface area contributed by atoms with Crippen molar-refractivity contribution in [3.8, 4) is 5.75 Å². The molecule has 142 valence electrons. The molecular weight excluding hydrogens is 359 g/mol. The SMILES string of the molecule is C=CSc1cc(O)cc(C(F)(F)F)c1C.CNCCCc1ccccc1. The zero-order valence-corrected chi connectivity index (χ0v) is 15.8. The van der Waals surface area contributed by atoms with Gasteiger partial charge in [0.25, 0.3) is 0 Å². The summed E-state index contributed by atoms with van der Waals surface area (Å²) in [5.74, 6) is -0.391. The minimum atomic E-state index is -4.45. The number of phenols is 1. The van der Waals surface area contributed by atoms with Gasteiger partial charge in [0.2, 0.25) is 0 Å². The van der Waals surface area contributed by atoms with Gasteiger partial charge >= 0.3 is 6.18 Å². The highest BCUT2D eigenvalue weighted by molar-refractivity contribution is 8.02. The molecule has 0 atom stereocenters. The minimum absolute atomic E-state index is 0.102. The molecule has 0 unspecified atom stereocenters. The Balaban J connectivity index is 0.000000273. The van der Waals surface area contributed by atoms with Crippen LogP contribution >= 0.6 is 11.8 Å². The van der Waals surface area contributed by atoms with Crippen LogP contribution in [0.1, 0.15) is 23.1 Å². The summed E-state index contributed by atoms with van der Waals surface area (Å²) in [6.07, 6.45) is -2.04. The molecule has 6 heteroatoms. The number of alkyl halides is 3. The molecule has 0 aromatic heterocycles. The summed E-state index contributed by atoms with van der Waals surface area (Å²) < 4.78 is 37.5. The zero-order chi connectivity index (χ0) is 19.6. The number of phenolic OH excluding ortho intramolecular Hbond substituents is 1. The highest BCUT2D eigenvalue weighted by atomic mass is 32.2. The Morgan fingerprint density at radius 2 is 1.85 bits per heavy atom. The summed E-state index contributed by atoms with van der Waals surface area (Å²) in [5, 5.41) is 13.7. The summed E-state index contributed by atoms with van der Waals surface area (Å²) in [7, 11) is 1.99. The molecular formula is C20H24F3NOS. The maximum atomic E-state index is 12.5. The fourth-order valence-electron chi connectivity index (χ4n) is 2.29. The molecule has 0 spiro atoms. The molecule has 2 nitrogen and oxygen atoms in total. The van der Waals surface area contributed by atoms with Crippen molar-refractivity contribution >= 4 is 11.8 Å². The maximum absolute atomic E-state index is 12.5. The van der Waals surface area contributed by atoms with Gasteiger partial charge in [-0.25, -0.2) is 0 Å². The topological polar surface area (TPSA) is 32.3 Å². The molecule has 2 aromatic rings. The van der Waals surface area contributed by atoms with Crippen molar-refractivity contribution in [2.45, 2.75) is 30.8 Å². The summed E-state index contributed by atoms with van der Waals surface area (Å²) in [6, 6.07) is 12.6. The Kier molecular flexibility index (Phi) is 9.30. The van der Waals surface area contributed by atoms with Crippen molar-refractivity contribution in [1.82, 2.24) is 5.32 Å². The van der Waals surface area contributed by atoms with E-state index in [0.29, 0.717) is 4.90 Å². The quantitative estimate of drug-likeness (QED) is 0.489. The van der Waals surface area contributed by atoms with Gasteiger partial charge in [-0.15, -0.1) is 0 Å². The molecule has 0 radical (unpaired) electrons.